The predicted molar refractivity (Wildman–Crippen MR) is 68.3 cm³/mol. The summed E-state index contributed by atoms with van der Waals surface area (Å²) in [7, 11) is 0. The molecule has 0 N–H and O–H groups in total. The molecule has 0 aliphatic heterocycles. The van der Waals surface area contributed by atoms with Gasteiger partial charge in [-0.1, -0.05) is 75.6 Å². The van der Waals surface area contributed by atoms with Crippen molar-refractivity contribution in [3.63, 3.8) is 0 Å². The highest BCUT2D eigenvalue weighted by atomic mass is 14.0. The van der Waals surface area contributed by atoms with Crippen LogP contribution in [0.2, 0.25) is 0 Å². The zero-order valence-corrected chi connectivity index (χ0v) is 9.03. The highest BCUT2D eigenvalue weighted by Gasteiger charge is 1.92. The van der Waals surface area contributed by atoms with E-state index >= 15 is 0 Å². The minimum absolute atomic E-state index is 0. The van der Waals surface area contributed by atoms with Crippen molar-refractivity contribution in [1.82, 2.24) is 0 Å². The fraction of sp³-hybridized carbons (Fsp3) is 0.143. The van der Waals surface area contributed by atoms with Gasteiger partial charge in [-0.15, -0.1) is 0 Å². The van der Waals surface area contributed by atoms with E-state index in [2.05, 4.69) is 25.3 Å². The molecular weight excluding hydrogens is 168 g/mol. The summed E-state index contributed by atoms with van der Waals surface area (Å²) in [5, 5.41) is 0. The molecule has 0 spiro atoms. The van der Waals surface area contributed by atoms with E-state index in [1.54, 1.807) is 6.08 Å². The first-order valence-corrected chi connectivity index (χ1v) is 4.89. The molecule has 0 unspecified atom stereocenters. The Bertz CT molecular complexity index is 296. The van der Waals surface area contributed by atoms with Crippen LogP contribution in [-0.4, -0.2) is 0 Å². The van der Waals surface area contributed by atoms with Gasteiger partial charge in [-0.2, -0.15) is 0 Å². The molecule has 0 fully saturated rings. The van der Waals surface area contributed by atoms with Crippen molar-refractivity contribution in [3.05, 3.63) is 67.3 Å². The van der Waals surface area contributed by atoms with Crippen LogP contribution >= 0.6 is 0 Å². The van der Waals surface area contributed by atoms with Crippen LogP contribution in [0.15, 0.2) is 61.7 Å². The molecule has 76 valence electrons. The SMILES string of the molecule is C=C/C=C(\C=C)c1ccccc1.CC.[HH]. The van der Waals surface area contributed by atoms with Gasteiger partial charge >= 0.3 is 0 Å². The molecule has 0 aliphatic carbocycles. The topological polar surface area (TPSA) is 0 Å². The van der Waals surface area contributed by atoms with Gasteiger partial charge in [0.25, 0.3) is 0 Å². The Labute approximate surface area is 88.8 Å². The lowest BCUT2D eigenvalue weighted by atomic mass is 10.1. The number of allylic oxidation sites excluding steroid dienone is 4. The summed E-state index contributed by atoms with van der Waals surface area (Å²) >= 11 is 0. The van der Waals surface area contributed by atoms with Gasteiger partial charge in [-0.3, -0.25) is 0 Å². The largest absolute Gasteiger partial charge is 0.0990 e. The van der Waals surface area contributed by atoms with E-state index in [9.17, 15) is 0 Å². The Morgan fingerprint density at radius 1 is 1.14 bits per heavy atom. The van der Waals surface area contributed by atoms with Crippen molar-refractivity contribution >= 4 is 5.57 Å². The lowest BCUT2D eigenvalue weighted by molar-refractivity contribution is 1.50. The highest BCUT2D eigenvalue weighted by Crippen LogP contribution is 2.14. The summed E-state index contributed by atoms with van der Waals surface area (Å²) in [5.41, 5.74) is 2.28. The monoisotopic (exact) mass is 188 g/mol. The quantitative estimate of drug-likeness (QED) is 0.602. The Morgan fingerprint density at radius 3 is 2.14 bits per heavy atom. The standard InChI is InChI=1S/C12H12.C2H6.H2/c1-3-8-11(4-2)12-9-6-5-7-10-12;1-2;/h3-10H,1-2H2;1-2H3;1H/b11-8+;;. The second kappa shape index (κ2) is 8.06. The van der Waals surface area contributed by atoms with Crippen molar-refractivity contribution in [2.45, 2.75) is 13.8 Å². The summed E-state index contributed by atoms with van der Waals surface area (Å²) in [6, 6.07) is 10.1. The summed E-state index contributed by atoms with van der Waals surface area (Å²) in [6.07, 6.45) is 5.54. The molecule has 0 nitrogen and oxygen atoms in total. The van der Waals surface area contributed by atoms with E-state index < -0.39 is 0 Å². The van der Waals surface area contributed by atoms with Crippen molar-refractivity contribution in [3.8, 4) is 0 Å². The van der Waals surface area contributed by atoms with E-state index in [4.69, 9.17) is 0 Å². The Morgan fingerprint density at radius 2 is 1.71 bits per heavy atom. The van der Waals surface area contributed by atoms with Gasteiger partial charge in [0.1, 0.15) is 0 Å². The maximum atomic E-state index is 3.74. The molecule has 0 atom stereocenters. The first-order valence-electron chi connectivity index (χ1n) is 4.89. The van der Waals surface area contributed by atoms with Crippen LogP contribution in [0.1, 0.15) is 20.8 Å². The van der Waals surface area contributed by atoms with Gasteiger partial charge in [0, 0.05) is 1.43 Å². The number of rotatable bonds is 3. The average Bonchev–Trinajstić information content (AvgIpc) is 2.30. The van der Waals surface area contributed by atoms with Crippen molar-refractivity contribution in [2.75, 3.05) is 0 Å². The zero-order valence-electron chi connectivity index (χ0n) is 9.03. The Kier molecular flexibility index (Phi) is 7.16. The lowest BCUT2D eigenvalue weighted by Crippen LogP contribution is -1.77. The summed E-state index contributed by atoms with van der Waals surface area (Å²) in [6.45, 7) is 11.4. The van der Waals surface area contributed by atoms with Crippen LogP contribution in [-0.2, 0) is 0 Å². The third-order valence-corrected chi connectivity index (χ3v) is 1.62. The molecule has 0 saturated heterocycles. The summed E-state index contributed by atoms with van der Waals surface area (Å²) in [5.74, 6) is 0. The van der Waals surface area contributed by atoms with Crippen LogP contribution in [0.5, 0.6) is 0 Å². The summed E-state index contributed by atoms with van der Waals surface area (Å²) < 4.78 is 0. The van der Waals surface area contributed by atoms with Gasteiger partial charge < -0.3 is 0 Å². The molecule has 14 heavy (non-hydrogen) atoms. The van der Waals surface area contributed by atoms with Gasteiger partial charge in [-0.05, 0) is 11.1 Å². The van der Waals surface area contributed by atoms with Gasteiger partial charge in [-0.25, -0.2) is 0 Å². The van der Waals surface area contributed by atoms with E-state index in [1.807, 2.05) is 44.2 Å². The number of hydrogen-bond donors (Lipinski definition) is 0. The van der Waals surface area contributed by atoms with Gasteiger partial charge in [0.15, 0.2) is 0 Å². The second-order valence-electron chi connectivity index (χ2n) is 2.43. The minimum atomic E-state index is 0. The Hall–Kier alpha value is -1.56. The number of benzene rings is 1. The molecular formula is C14H20. The third-order valence-electron chi connectivity index (χ3n) is 1.62. The molecule has 0 heterocycles. The minimum Gasteiger partial charge on any atom is -0.0990 e. The van der Waals surface area contributed by atoms with E-state index in [1.165, 1.54) is 5.56 Å². The first kappa shape index (κ1) is 12.4. The zero-order chi connectivity index (χ0) is 10.8. The second-order valence-corrected chi connectivity index (χ2v) is 2.43. The molecule has 0 aromatic heterocycles. The first-order chi connectivity index (χ1) is 6.88. The van der Waals surface area contributed by atoms with Crippen molar-refractivity contribution < 1.29 is 1.43 Å². The van der Waals surface area contributed by atoms with Crippen molar-refractivity contribution in [2.24, 2.45) is 0 Å². The molecule has 0 amide bonds. The van der Waals surface area contributed by atoms with E-state index in [-0.39, 0.29) is 1.43 Å². The fourth-order valence-electron chi connectivity index (χ4n) is 1.04. The van der Waals surface area contributed by atoms with E-state index in [0.29, 0.717) is 0 Å². The van der Waals surface area contributed by atoms with Crippen LogP contribution in [0.3, 0.4) is 0 Å². The fourth-order valence-corrected chi connectivity index (χ4v) is 1.04. The molecule has 1 aromatic rings. The summed E-state index contributed by atoms with van der Waals surface area (Å²) in [4.78, 5) is 0. The van der Waals surface area contributed by atoms with Crippen LogP contribution in [0, 0.1) is 0 Å². The van der Waals surface area contributed by atoms with Crippen LogP contribution < -0.4 is 0 Å². The average molecular weight is 188 g/mol. The molecule has 1 rings (SSSR count). The normalized spacial score (nSPS) is 9.71. The molecule has 0 heteroatoms. The van der Waals surface area contributed by atoms with Crippen LogP contribution in [0.25, 0.3) is 5.57 Å². The molecule has 0 saturated carbocycles. The maximum absolute atomic E-state index is 3.74. The van der Waals surface area contributed by atoms with Crippen molar-refractivity contribution in [1.29, 1.82) is 0 Å². The predicted octanol–water partition coefficient (Wildman–Crippen LogP) is 4.71. The van der Waals surface area contributed by atoms with Gasteiger partial charge in [0.2, 0.25) is 0 Å². The molecule has 0 aliphatic rings. The number of hydrogen-bond acceptors (Lipinski definition) is 0. The Balaban J connectivity index is 0. The molecule has 1 aromatic carbocycles. The lowest BCUT2D eigenvalue weighted by Gasteiger charge is -1.99. The molecule has 0 radical (unpaired) electrons. The third kappa shape index (κ3) is 3.90. The maximum Gasteiger partial charge on any atom is 0 e. The van der Waals surface area contributed by atoms with Crippen LogP contribution in [0.4, 0.5) is 0 Å². The van der Waals surface area contributed by atoms with E-state index in [0.717, 1.165) is 5.57 Å². The smallest absolute Gasteiger partial charge is 0 e. The molecule has 0 bridgehead atoms. The van der Waals surface area contributed by atoms with Gasteiger partial charge in [0.05, 0.1) is 0 Å². The highest BCUT2D eigenvalue weighted by molar-refractivity contribution is 5.74.